The number of carbonyl (C=O) groups excluding carboxylic acids is 1. The highest BCUT2D eigenvalue weighted by Crippen LogP contribution is 2.28. The summed E-state index contributed by atoms with van der Waals surface area (Å²) >= 11 is 0. The van der Waals surface area contributed by atoms with Gasteiger partial charge in [0.25, 0.3) is 5.91 Å². The van der Waals surface area contributed by atoms with Crippen LogP contribution in [0.4, 0.5) is 4.39 Å². The molecule has 21 heavy (non-hydrogen) atoms. The summed E-state index contributed by atoms with van der Waals surface area (Å²) in [5.41, 5.74) is 0. The molecule has 4 nitrogen and oxygen atoms in total. The first kappa shape index (κ1) is 14.3. The predicted octanol–water partition coefficient (Wildman–Crippen LogP) is 1.66. The van der Waals surface area contributed by atoms with E-state index in [-0.39, 0.29) is 11.7 Å². The monoisotopic (exact) mass is 292 g/mol. The van der Waals surface area contributed by atoms with Crippen LogP contribution in [0, 0.1) is 17.7 Å². The van der Waals surface area contributed by atoms with E-state index in [1.165, 1.54) is 6.07 Å². The van der Waals surface area contributed by atoms with Gasteiger partial charge in [0.2, 0.25) is 0 Å². The summed E-state index contributed by atoms with van der Waals surface area (Å²) in [6.07, 6.45) is -0.0641. The van der Waals surface area contributed by atoms with E-state index < -0.39 is 11.9 Å². The molecule has 1 aromatic rings. The lowest BCUT2D eigenvalue weighted by Gasteiger charge is -2.24. The van der Waals surface area contributed by atoms with Crippen LogP contribution in [0.5, 0.6) is 5.75 Å². The summed E-state index contributed by atoms with van der Waals surface area (Å²) in [4.78, 5) is 14.5. The zero-order valence-corrected chi connectivity index (χ0v) is 12.2. The molecule has 3 rings (SSSR count). The highest BCUT2D eigenvalue weighted by Gasteiger charge is 2.40. The molecule has 2 aliphatic heterocycles. The van der Waals surface area contributed by atoms with Gasteiger partial charge in [0.1, 0.15) is 0 Å². The first-order valence-electron chi connectivity index (χ1n) is 7.59. The molecule has 0 aromatic heterocycles. The third kappa shape index (κ3) is 2.88. The van der Waals surface area contributed by atoms with Crippen molar-refractivity contribution < 1.29 is 13.9 Å². The third-order valence-corrected chi connectivity index (χ3v) is 4.45. The van der Waals surface area contributed by atoms with Gasteiger partial charge in [-0.25, -0.2) is 4.39 Å². The lowest BCUT2D eigenvalue weighted by atomic mass is 10.0. The Labute approximate surface area is 124 Å². The fourth-order valence-corrected chi connectivity index (χ4v) is 3.24. The summed E-state index contributed by atoms with van der Waals surface area (Å²) in [7, 11) is 0. The molecule has 0 bridgehead atoms. The van der Waals surface area contributed by atoms with E-state index in [0.29, 0.717) is 18.3 Å². The molecule has 2 fully saturated rings. The van der Waals surface area contributed by atoms with Crippen molar-refractivity contribution in [1.82, 2.24) is 10.2 Å². The number of ether oxygens (including phenoxy) is 1. The molecule has 1 unspecified atom stereocenters. The van der Waals surface area contributed by atoms with E-state index in [9.17, 15) is 9.18 Å². The van der Waals surface area contributed by atoms with Crippen molar-refractivity contribution in [2.24, 2.45) is 11.8 Å². The molecule has 5 heteroatoms. The zero-order chi connectivity index (χ0) is 14.8. The fourth-order valence-electron chi connectivity index (χ4n) is 3.24. The van der Waals surface area contributed by atoms with Crippen LogP contribution < -0.4 is 10.1 Å². The van der Waals surface area contributed by atoms with Gasteiger partial charge in [-0.05, 0) is 30.4 Å². The van der Waals surface area contributed by atoms with Gasteiger partial charge >= 0.3 is 0 Å². The number of halogens is 1. The number of rotatable bonds is 4. The molecule has 3 atom stereocenters. The molecule has 2 heterocycles. The Kier molecular flexibility index (Phi) is 4.10. The van der Waals surface area contributed by atoms with Crippen molar-refractivity contribution in [2.45, 2.75) is 19.4 Å². The van der Waals surface area contributed by atoms with E-state index in [2.05, 4.69) is 5.32 Å². The average Bonchev–Trinajstić information content (AvgIpc) is 3.07. The largest absolute Gasteiger partial charge is 0.478 e. The Hall–Kier alpha value is -1.62. The molecule has 0 aliphatic carbocycles. The molecule has 0 spiro atoms. The maximum atomic E-state index is 13.7. The van der Waals surface area contributed by atoms with Gasteiger partial charge in [0.05, 0.1) is 0 Å². The Bertz CT molecular complexity index is 511. The van der Waals surface area contributed by atoms with Crippen LogP contribution in [0.25, 0.3) is 0 Å². The SMILES string of the molecule is CCC(Oc1ccccc1F)C(=O)N1C[C@H]2CNC[C@H]2C1. The number of nitrogens with zero attached hydrogens (tertiary/aromatic N) is 1. The molecular formula is C16H21FN2O2. The number of hydrogen-bond acceptors (Lipinski definition) is 3. The summed E-state index contributed by atoms with van der Waals surface area (Å²) < 4.78 is 19.3. The van der Waals surface area contributed by atoms with Crippen LogP contribution in [0.1, 0.15) is 13.3 Å². The molecule has 0 radical (unpaired) electrons. The molecule has 2 saturated heterocycles. The van der Waals surface area contributed by atoms with Crippen LogP contribution in [-0.2, 0) is 4.79 Å². The number of hydrogen-bond donors (Lipinski definition) is 1. The van der Waals surface area contributed by atoms with Gasteiger partial charge in [-0.2, -0.15) is 0 Å². The minimum Gasteiger partial charge on any atom is -0.478 e. The Balaban J connectivity index is 1.66. The maximum Gasteiger partial charge on any atom is 0.263 e. The molecule has 2 aliphatic rings. The van der Waals surface area contributed by atoms with E-state index >= 15 is 0 Å². The van der Waals surface area contributed by atoms with Crippen molar-refractivity contribution in [2.75, 3.05) is 26.2 Å². The average molecular weight is 292 g/mol. The van der Waals surface area contributed by atoms with Crippen molar-refractivity contribution in [3.63, 3.8) is 0 Å². The third-order valence-electron chi connectivity index (χ3n) is 4.45. The Morgan fingerprint density at radius 1 is 1.38 bits per heavy atom. The zero-order valence-electron chi connectivity index (χ0n) is 12.2. The lowest BCUT2D eigenvalue weighted by molar-refractivity contribution is -0.138. The minimum absolute atomic E-state index is 0.0184. The predicted molar refractivity (Wildman–Crippen MR) is 77.5 cm³/mol. The number of para-hydroxylation sites is 1. The van der Waals surface area contributed by atoms with E-state index in [1.807, 2.05) is 11.8 Å². The van der Waals surface area contributed by atoms with E-state index in [1.54, 1.807) is 18.2 Å². The first-order chi connectivity index (χ1) is 10.2. The lowest BCUT2D eigenvalue weighted by Crippen LogP contribution is -2.41. The quantitative estimate of drug-likeness (QED) is 0.917. The van der Waals surface area contributed by atoms with Crippen molar-refractivity contribution in [3.8, 4) is 5.75 Å². The number of fused-ring (bicyclic) bond motifs is 1. The van der Waals surface area contributed by atoms with Crippen molar-refractivity contribution in [1.29, 1.82) is 0 Å². The van der Waals surface area contributed by atoms with Crippen molar-refractivity contribution >= 4 is 5.91 Å². The highest BCUT2D eigenvalue weighted by molar-refractivity contribution is 5.81. The van der Waals surface area contributed by atoms with Crippen LogP contribution in [0.15, 0.2) is 24.3 Å². The normalized spacial score (nSPS) is 25.7. The van der Waals surface area contributed by atoms with E-state index in [0.717, 1.165) is 26.2 Å². The number of carbonyl (C=O) groups is 1. The van der Waals surface area contributed by atoms with Gasteiger partial charge in [-0.3, -0.25) is 4.79 Å². The molecule has 1 aromatic carbocycles. The van der Waals surface area contributed by atoms with Gasteiger partial charge in [0.15, 0.2) is 17.7 Å². The van der Waals surface area contributed by atoms with E-state index in [4.69, 9.17) is 4.74 Å². The molecule has 0 saturated carbocycles. The summed E-state index contributed by atoms with van der Waals surface area (Å²) in [6, 6.07) is 6.23. The smallest absolute Gasteiger partial charge is 0.263 e. The topological polar surface area (TPSA) is 41.6 Å². The Morgan fingerprint density at radius 2 is 2.05 bits per heavy atom. The maximum absolute atomic E-state index is 13.7. The molecule has 1 amide bonds. The van der Waals surface area contributed by atoms with Crippen molar-refractivity contribution in [3.05, 3.63) is 30.1 Å². The highest BCUT2D eigenvalue weighted by atomic mass is 19.1. The molecule has 114 valence electrons. The molecular weight excluding hydrogens is 271 g/mol. The van der Waals surface area contributed by atoms with Gasteiger partial charge < -0.3 is 15.0 Å². The standard InChI is InChI=1S/C16H21FN2O2/c1-2-14(21-15-6-4-3-5-13(15)17)16(20)19-9-11-7-18-8-12(11)10-19/h3-6,11-12,14,18H,2,7-10H2,1H3/t11-,12+,14?. The fraction of sp³-hybridized carbons (Fsp3) is 0.562. The van der Waals surface area contributed by atoms with Gasteiger partial charge in [-0.1, -0.05) is 19.1 Å². The van der Waals surface area contributed by atoms with Crippen LogP contribution >= 0.6 is 0 Å². The number of likely N-dealkylation sites (tertiary alicyclic amines) is 1. The Morgan fingerprint density at radius 3 is 2.67 bits per heavy atom. The second-order valence-electron chi connectivity index (χ2n) is 5.87. The van der Waals surface area contributed by atoms with Gasteiger partial charge in [-0.15, -0.1) is 0 Å². The number of nitrogens with one attached hydrogen (secondary N) is 1. The van der Waals surface area contributed by atoms with Crippen LogP contribution in [-0.4, -0.2) is 43.1 Å². The van der Waals surface area contributed by atoms with Crippen LogP contribution in [0.2, 0.25) is 0 Å². The minimum atomic E-state index is -0.603. The first-order valence-corrected chi connectivity index (χ1v) is 7.59. The second-order valence-corrected chi connectivity index (χ2v) is 5.87. The van der Waals surface area contributed by atoms with Gasteiger partial charge in [0, 0.05) is 26.2 Å². The number of amides is 1. The second kappa shape index (κ2) is 6.02. The summed E-state index contributed by atoms with van der Waals surface area (Å²) in [5, 5.41) is 3.36. The summed E-state index contributed by atoms with van der Waals surface area (Å²) in [5.74, 6) is 0.819. The molecule has 1 N–H and O–H groups in total. The number of benzene rings is 1. The van der Waals surface area contributed by atoms with Crippen LogP contribution in [0.3, 0.4) is 0 Å². The summed E-state index contributed by atoms with van der Waals surface area (Å²) in [6.45, 7) is 5.43.